The Hall–Kier alpha value is -1.65. The standard InChI is InChI=1S/C17H22O5/c1-8-7-12-14(9(2)16(20)22-12)15(21-10(3)18)17(4)11(8)5-6-13(17)19/h5,8-9,12,14-15H,6-7H2,1-4H3/t8-,9-,12-,14-,15+,17+/m1/s1. The number of ether oxygens (including phenoxy) is 2. The van der Waals surface area contributed by atoms with Crippen molar-refractivity contribution in [3.63, 3.8) is 0 Å². The van der Waals surface area contributed by atoms with Gasteiger partial charge in [-0.1, -0.05) is 25.5 Å². The summed E-state index contributed by atoms with van der Waals surface area (Å²) in [5.41, 5.74) is 0.189. The zero-order valence-corrected chi connectivity index (χ0v) is 13.4. The summed E-state index contributed by atoms with van der Waals surface area (Å²) in [6, 6.07) is 0. The number of carbonyl (C=O) groups is 3. The molecule has 1 heterocycles. The summed E-state index contributed by atoms with van der Waals surface area (Å²) >= 11 is 0. The molecule has 0 aromatic carbocycles. The van der Waals surface area contributed by atoms with Crippen molar-refractivity contribution in [1.82, 2.24) is 0 Å². The Morgan fingerprint density at radius 2 is 2.05 bits per heavy atom. The number of allylic oxidation sites excluding steroid dienone is 1. The third-order valence-electron chi connectivity index (χ3n) is 5.66. The first-order chi connectivity index (χ1) is 10.3. The average Bonchev–Trinajstić information content (AvgIpc) is 2.84. The Bertz CT molecular complexity index is 578. The monoisotopic (exact) mass is 306 g/mol. The summed E-state index contributed by atoms with van der Waals surface area (Å²) in [5, 5.41) is 0. The van der Waals surface area contributed by atoms with E-state index in [0.29, 0.717) is 12.8 Å². The fourth-order valence-electron chi connectivity index (χ4n) is 4.54. The first-order valence-corrected chi connectivity index (χ1v) is 7.88. The zero-order chi connectivity index (χ0) is 16.2. The molecule has 22 heavy (non-hydrogen) atoms. The van der Waals surface area contributed by atoms with Crippen LogP contribution in [0.3, 0.4) is 0 Å². The zero-order valence-electron chi connectivity index (χ0n) is 13.4. The van der Waals surface area contributed by atoms with Gasteiger partial charge in [0, 0.05) is 19.3 Å². The van der Waals surface area contributed by atoms with Crippen LogP contribution in [0.25, 0.3) is 0 Å². The maximum atomic E-state index is 12.6. The summed E-state index contributed by atoms with van der Waals surface area (Å²) in [4.78, 5) is 36.3. The molecule has 1 aliphatic heterocycles. The number of rotatable bonds is 1. The van der Waals surface area contributed by atoms with Crippen LogP contribution in [0.1, 0.15) is 40.5 Å². The second kappa shape index (κ2) is 4.93. The molecule has 0 bridgehead atoms. The van der Waals surface area contributed by atoms with Gasteiger partial charge in [-0.15, -0.1) is 0 Å². The predicted octanol–water partition coefficient (Wildman–Crippen LogP) is 2.04. The van der Waals surface area contributed by atoms with Crippen molar-refractivity contribution >= 4 is 17.7 Å². The predicted molar refractivity (Wildman–Crippen MR) is 77.7 cm³/mol. The minimum Gasteiger partial charge on any atom is -0.462 e. The minimum absolute atomic E-state index is 0.0628. The molecule has 1 saturated heterocycles. The highest BCUT2D eigenvalue weighted by molar-refractivity contribution is 5.93. The first kappa shape index (κ1) is 15.3. The molecule has 0 radical (unpaired) electrons. The number of hydrogen-bond acceptors (Lipinski definition) is 5. The molecule has 120 valence electrons. The summed E-state index contributed by atoms with van der Waals surface area (Å²) in [7, 11) is 0. The fraction of sp³-hybridized carbons (Fsp3) is 0.706. The van der Waals surface area contributed by atoms with Crippen molar-refractivity contribution in [2.45, 2.75) is 52.7 Å². The van der Waals surface area contributed by atoms with E-state index in [-0.39, 0.29) is 35.6 Å². The van der Waals surface area contributed by atoms with Crippen molar-refractivity contribution in [3.8, 4) is 0 Å². The molecule has 0 N–H and O–H groups in total. The molecule has 3 rings (SSSR count). The normalized spacial score (nSPS) is 43.8. The van der Waals surface area contributed by atoms with Crippen LogP contribution < -0.4 is 0 Å². The van der Waals surface area contributed by atoms with Crippen molar-refractivity contribution in [2.24, 2.45) is 23.2 Å². The topological polar surface area (TPSA) is 69.7 Å². The molecule has 0 aromatic heterocycles. The first-order valence-electron chi connectivity index (χ1n) is 7.88. The molecular weight excluding hydrogens is 284 g/mol. The van der Waals surface area contributed by atoms with E-state index in [0.717, 1.165) is 5.57 Å². The van der Waals surface area contributed by atoms with Gasteiger partial charge in [-0.3, -0.25) is 14.4 Å². The van der Waals surface area contributed by atoms with Crippen LogP contribution in [-0.4, -0.2) is 29.9 Å². The van der Waals surface area contributed by atoms with E-state index in [1.165, 1.54) is 6.92 Å². The van der Waals surface area contributed by atoms with Gasteiger partial charge in [-0.2, -0.15) is 0 Å². The lowest BCUT2D eigenvalue weighted by molar-refractivity contribution is -0.161. The number of hydrogen-bond donors (Lipinski definition) is 0. The largest absolute Gasteiger partial charge is 0.462 e. The van der Waals surface area contributed by atoms with Gasteiger partial charge in [-0.05, 0) is 19.3 Å². The highest BCUT2D eigenvalue weighted by atomic mass is 16.6. The SMILES string of the molecule is CC(=O)O[C@H]1[C@H]2[C@@H](C[C@@H](C)C3=CCC(=O)[C@]31C)OC(=O)[C@@H]2C. The number of Topliss-reactive ketones (excluding diaryl/α,β-unsaturated/α-hetero) is 1. The highest BCUT2D eigenvalue weighted by Crippen LogP contribution is 2.54. The molecule has 0 aromatic rings. The van der Waals surface area contributed by atoms with Crippen LogP contribution in [0.2, 0.25) is 0 Å². The Kier molecular flexibility index (Phi) is 3.42. The van der Waals surface area contributed by atoms with Crippen molar-refractivity contribution in [3.05, 3.63) is 11.6 Å². The molecule has 0 spiro atoms. The number of fused-ring (bicyclic) bond motifs is 2. The lowest BCUT2D eigenvalue weighted by Gasteiger charge is -2.38. The van der Waals surface area contributed by atoms with Gasteiger partial charge >= 0.3 is 11.9 Å². The molecule has 6 atom stereocenters. The molecule has 5 nitrogen and oxygen atoms in total. The summed E-state index contributed by atoms with van der Waals surface area (Å²) < 4.78 is 11.1. The van der Waals surface area contributed by atoms with E-state index in [1.54, 1.807) is 6.92 Å². The molecule has 2 aliphatic carbocycles. The molecule has 0 amide bonds. The maximum Gasteiger partial charge on any atom is 0.309 e. The highest BCUT2D eigenvalue weighted by Gasteiger charge is 2.61. The lowest BCUT2D eigenvalue weighted by Crippen LogP contribution is -2.48. The van der Waals surface area contributed by atoms with Crippen LogP contribution in [-0.2, 0) is 23.9 Å². The Morgan fingerprint density at radius 3 is 2.68 bits per heavy atom. The average molecular weight is 306 g/mol. The summed E-state index contributed by atoms with van der Waals surface area (Å²) in [6.07, 6.45) is 2.08. The van der Waals surface area contributed by atoms with Crippen LogP contribution in [0, 0.1) is 23.2 Å². The summed E-state index contributed by atoms with van der Waals surface area (Å²) in [6.45, 7) is 7.05. The molecule has 3 aliphatic rings. The third kappa shape index (κ3) is 1.94. The van der Waals surface area contributed by atoms with E-state index in [4.69, 9.17) is 9.47 Å². The molecule has 0 unspecified atom stereocenters. The van der Waals surface area contributed by atoms with E-state index in [9.17, 15) is 14.4 Å². The lowest BCUT2D eigenvalue weighted by atomic mass is 9.69. The van der Waals surface area contributed by atoms with Crippen LogP contribution in [0.15, 0.2) is 11.6 Å². The summed E-state index contributed by atoms with van der Waals surface area (Å²) in [5.74, 6) is -1.13. The van der Waals surface area contributed by atoms with Crippen molar-refractivity contribution in [2.75, 3.05) is 0 Å². The van der Waals surface area contributed by atoms with Gasteiger partial charge in [0.2, 0.25) is 0 Å². The Labute approximate surface area is 130 Å². The third-order valence-corrected chi connectivity index (χ3v) is 5.66. The van der Waals surface area contributed by atoms with E-state index in [1.807, 2.05) is 19.9 Å². The van der Waals surface area contributed by atoms with Crippen molar-refractivity contribution < 1.29 is 23.9 Å². The van der Waals surface area contributed by atoms with Crippen LogP contribution in [0.4, 0.5) is 0 Å². The minimum atomic E-state index is -0.841. The number of ketones is 1. The maximum absolute atomic E-state index is 12.6. The van der Waals surface area contributed by atoms with Crippen LogP contribution >= 0.6 is 0 Å². The van der Waals surface area contributed by atoms with Gasteiger partial charge in [0.05, 0.1) is 11.3 Å². The molecule has 2 fully saturated rings. The van der Waals surface area contributed by atoms with Gasteiger partial charge in [0.1, 0.15) is 18.0 Å². The quantitative estimate of drug-likeness (QED) is 0.548. The van der Waals surface area contributed by atoms with E-state index in [2.05, 4.69) is 0 Å². The smallest absolute Gasteiger partial charge is 0.309 e. The number of carbonyl (C=O) groups excluding carboxylic acids is 3. The molecular formula is C17H22O5. The molecule has 5 heteroatoms. The van der Waals surface area contributed by atoms with E-state index >= 15 is 0 Å². The molecule has 1 saturated carbocycles. The van der Waals surface area contributed by atoms with Crippen LogP contribution in [0.5, 0.6) is 0 Å². The fourth-order valence-corrected chi connectivity index (χ4v) is 4.54. The van der Waals surface area contributed by atoms with Crippen molar-refractivity contribution in [1.29, 1.82) is 0 Å². The van der Waals surface area contributed by atoms with E-state index < -0.39 is 17.5 Å². The van der Waals surface area contributed by atoms with Gasteiger partial charge in [0.25, 0.3) is 0 Å². The van der Waals surface area contributed by atoms with Gasteiger partial charge < -0.3 is 9.47 Å². The second-order valence-electron chi connectivity index (χ2n) is 7.00. The Morgan fingerprint density at radius 1 is 1.36 bits per heavy atom. The van der Waals surface area contributed by atoms with Gasteiger partial charge in [-0.25, -0.2) is 0 Å². The van der Waals surface area contributed by atoms with Gasteiger partial charge in [0.15, 0.2) is 0 Å². The Balaban J connectivity index is 2.12. The second-order valence-corrected chi connectivity index (χ2v) is 7.00. The number of esters is 2.